The molecule has 3 nitrogen and oxygen atoms in total. The number of unbranched alkanes of at least 4 members (excludes halogenated alkanes) is 1. The molecule has 0 spiro atoms. The van der Waals surface area contributed by atoms with Crippen molar-refractivity contribution in [1.29, 1.82) is 0 Å². The molecule has 118 valence electrons. The van der Waals surface area contributed by atoms with Gasteiger partial charge in [0.05, 0.1) is 0 Å². The van der Waals surface area contributed by atoms with Crippen molar-refractivity contribution < 1.29 is 5.11 Å². The first kappa shape index (κ1) is 16.3. The van der Waals surface area contributed by atoms with Crippen molar-refractivity contribution in [2.75, 3.05) is 26.2 Å². The minimum atomic E-state index is 0.350. The standard InChI is InChI=1S/C17H34N2O/c1-2-3-10-19-13-15(9-11-20)12-17(14-19)18-16-7-5-4-6-8-16/h15-18,20H,2-14H2,1H3. The third-order valence-electron chi connectivity index (χ3n) is 5.05. The van der Waals surface area contributed by atoms with Gasteiger partial charge >= 0.3 is 0 Å². The second-order valence-corrected chi connectivity index (χ2v) is 6.93. The number of aliphatic hydroxyl groups excluding tert-OH is 1. The van der Waals surface area contributed by atoms with E-state index in [2.05, 4.69) is 17.1 Å². The minimum absolute atomic E-state index is 0.350. The Morgan fingerprint density at radius 2 is 1.90 bits per heavy atom. The van der Waals surface area contributed by atoms with E-state index in [-0.39, 0.29) is 0 Å². The van der Waals surface area contributed by atoms with Gasteiger partial charge < -0.3 is 15.3 Å². The average Bonchev–Trinajstić information content (AvgIpc) is 2.46. The Kier molecular flexibility index (Phi) is 7.32. The van der Waals surface area contributed by atoms with Crippen LogP contribution in [0.4, 0.5) is 0 Å². The summed E-state index contributed by atoms with van der Waals surface area (Å²) in [6.07, 6.45) is 11.8. The second-order valence-electron chi connectivity index (χ2n) is 6.93. The molecule has 2 atom stereocenters. The van der Waals surface area contributed by atoms with Gasteiger partial charge in [-0.2, -0.15) is 0 Å². The maximum absolute atomic E-state index is 9.25. The molecule has 1 aliphatic carbocycles. The largest absolute Gasteiger partial charge is 0.396 e. The van der Waals surface area contributed by atoms with E-state index in [1.807, 2.05) is 0 Å². The highest BCUT2D eigenvalue weighted by molar-refractivity contribution is 4.86. The van der Waals surface area contributed by atoms with Gasteiger partial charge in [-0.1, -0.05) is 32.6 Å². The van der Waals surface area contributed by atoms with Crippen LogP contribution >= 0.6 is 0 Å². The lowest BCUT2D eigenvalue weighted by molar-refractivity contribution is 0.112. The van der Waals surface area contributed by atoms with Crippen LogP contribution in [0.1, 0.15) is 64.7 Å². The number of likely N-dealkylation sites (tertiary alicyclic amines) is 1. The van der Waals surface area contributed by atoms with Crippen molar-refractivity contribution in [2.24, 2.45) is 5.92 Å². The van der Waals surface area contributed by atoms with Crippen LogP contribution < -0.4 is 5.32 Å². The van der Waals surface area contributed by atoms with E-state index >= 15 is 0 Å². The second kappa shape index (κ2) is 9.01. The van der Waals surface area contributed by atoms with Crippen molar-refractivity contribution in [2.45, 2.75) is 76.8 Å². The van der Waals surface area contributed by atoms with Crippen LogP contribution in [-0.2, 0) is 0 Å². The predicted molar refractivity (Wildman–Crippen MR) is 85.0 cm³/mol. The van der Waals surface area contributed by atoms with Gasteiger partial charge in [-0.15, -0.1) is 0 Å². The van der Waals surface area contributed by atoms with Gasteiger partial charge in [0.15, 0.2) is 0 Å². The summed E-state index contributed by atoms with van der Waals surface area (Å²) in [5.41, 5.74) is 0. The van der Waals surface area contributed by atoms with Crippen molar-refractivity contribution in [3.63, 3.8) is 0 Å². The Balaban J connectivity index is 1.81. The first-order valence-electron chi connectivity index (χ1n) is 8.91. The summed E-state index contributed by atoms with van der Waals surface area (Å²) < 4.78 is 0. The number of nitrogens with one attached hydrogen (secondary N) is 1. The molecule has 1 heterocycles. The number of piperidine rings is 1. The first-order valence-corrected chi connectivity index (χ1v) is 8.91. The molecule has 2 aliphatic rings. The number of hydrogen-bond donors (Lipinski definition) is 2. The fraction of sp³-hybridized carbons (Fsp3) is 1.00. The molecular weight excluding hydrogens is 248 g/mol. The Hall–Kier alpha value is -0.120. The van der Waals surface area contributed by atoms with Crippen LogP contribution in [-0.4, -0.2) is 48.3 Å². The van der Waals surface area contributed by atoms with Gasteiger partial charge in [-0.3, -0.25) is 0 Å². The summed E-state index contributed by atoms with van der Waals surface area (Å²) in [7, 11) is 0. The van der Waals surface area contributed by atoms with Gasteiger partial charge in [-0.25, -0.2) is 0 Å². The highest BCUT2D eigenvalue weighted by Crippen LogP contribution is 2.23. The molecule has 2 N–H and O–H groups in total. The fourth-order valence-electron chi connectivity index (χ4n) is 3.98. The average molecular weight is 282 g/mol. The highest BCUT2D eigenvalue weighted by atomic mass is 16.3. The lowest BCUT2D eigenvalue weighted by Gasteiger charge is -2.40. The van der Waals surface area contributed by atoms with Crippen LogP contribution in [0, 0.1) is 5.92 Å². The quantitative estimate of drug-likeness (QED) is 0.754. The Morgan fingerprint density at radius 1 is 1.10 bits per heavy atom. The van der Waals surface area contributed by atoms with E-state index in [1.165, 1.54) is 71.0 Å². The fourth-order valence-corrected chi connectivity index (χ4v) is 3.98. The van der Waals surface area contributed by atoms with E-state index in [9.17, 15) is 5.11 Å². The molecule has 0 aromatic heterocycles. The minimum Gasteiger partial charge on any atom is -0.396 e. The lowest BCUT2D eigenvalue weighted by Crippen LogP contribution is -2.52. The van der Waals surface area contributed by atoms with Crippen molar-refractivity contribution in [3.8, 4) is 0 Å². The summed E-state index contributed by atoms with van der Waals surface area (Å²) in [6, 6.07) is 1.41. The molecule has 1 saturated carbocycles. The molecule has 1 saturated heterocycles. The van der Waals surface area contributed by atoms with Gasteiger partial charge in [0.25, 0.3) is 0 Å². The van der Waals surface area contributed by atoms with E-state index < -0.39 is 0 Å². The zero-order chi connectivity index (χ0) is 14.2. The molecular formula is C17H34N2O. The van der Waals surface area contributed by atoms with Crippen LogP contribution in [0.15, 0.2) is 0 Å². The predicted octanol–water partition coefficient (Wildman–Crippen LogP) is 2.78. The van der Waals surface area contributed by atoms with Gasteiger partial charge in [0, 0.05) is 31.8 Å². The molecule has 1 aliphatic heterocycles. The zero-order valence-electron chi connectivity index (χ0n) is 13.3. The molecule has 3 heteroatoms. The van der Waals surface area contributed by atoms with Crippen LogP contribution in [0.25, 0.3) is 0 Å². The topological polar surface area (TPSA) is 35.5 Å². The zero-order valence-corrected chi connectivity index (χ0v) is 13.3. The maximum Gasteiger partial charge on any atom is 0.0434 e. The maximum atomic E-state index is 9.25. The Labute approximate surface area is 125 Å². The summed E-state index contributed by atoms with van der Waals surface area (Å²) in [4.78, 5) is 2.63. The molecule has 2 unspecified atom stereocenters. The normalized spacial score (nSPS) is 29.7. The first-order chi connectivity index (χ1) is 9.81. The summed E-state index contributed by atoms with van der Waals surface area (Å²) in [6.45, 7) is 6.28. The van der Waals surface area contributed by atoms with E-state index in [4.69, 9.17) is 0 Å². The molecule has 0 aromatic carbocycles. The molecule has 0 bridgehead atoms. The van der Waals surface area contributed by atoms with Crippen molar-refractivity contribution in [1.82, 2.24) is 10.2 Å². The summed E-state index contributed by atoms with van der Waals surface area (Å²) in [5, 5.41) is 13.2. The molecule has 20 heavy (non-hydrogen) atoms. The molecule has 0 aromatic rings. The number of rotatable bonds is 7. The van der Waals surface area contributed by atoms with Crippen molar-refractivity contribution >= 4 is 0 Å². The molecule has 2 fully saturated rings. The van der Waals surface area contributed by atoms with Gasteiger partial charge in [-0.05, 0) is 44.6 Å². The number of aliphatic hydroxyl groups is 1. The van der Waals surface area contributed by atoms with Crippen molar-refractivity contribution in [3.05, 3.63) is 0 Å². The molecule has 0 amide bonds. The number of nitrogens with zero attached hydrogens (tertiary/aromatic N) is 1. The Morgan fingerprint density at radius 3 is 2.60 bits per heavy atom. The molecule has 2 rings (SSSR count). The smallest absolute Gasteiger partial charge is 0.0434 e. The van der Waals surface area contributed by atoms with E-state index in [0.29, 0.717) is 18.6 Å². The summed E-state index contributed by atoms with van der Waals surface area (Å²) in [5.74, 6) is 0.687. The third-order valence-corrected chi connectivity index (χ3v) is 5.05. The van der Waals surface area contributed by atoms with Crippen LogP contribution in [0.3, 0.4) is 0 Å². The molecule has 0 radical (unpaired) electrons. The Bertz CT molecular complexity index is 253. The highest BCUT2D eigenvalue weighted by Gasteiger charge is 2.28. The number of hydrogen-bond acceptors (Lipinski definition) is 3. The summed E-state index contributed by atoms with van der Waals surface area (Å²) >= 11 is 0. The van der Waals surface area contributed by atoms with Crippen LogP contribution in [0.5, 0.6) is 0 Å². The lowest BCUT2D eigenvalue weighted by atomic mass is 9.89. The monoisotopic (exact) mass is 282 g/mol. The van der Waals surface area contributed by atoms with Gasteiger partial charge in [0.1, 0.15) is 0 Å². The third kappa shape index (κ3) is 5.34. The van der Waals surface area contributed by atoms with E-state index in [1.54, 1.807) is 0 Å². The SMILES string of the molecule is CCCCN1CC(CCO)CC(NC2CCCCC2)C1. The van der Waals surface area contributed by atoms with Gasteiger partial charge in [0.2, 0.25) is 0 Å². The van der Waals surface area contributed by atoms with E-state index in [0.717, 1.165) is 12.5 Å². The van der Waals surface area contributed by atoms with Crippen LogP contribution in [0.2, 0.25) is 0 Å².